The van der Waals surface area contributed by atoms with E-state index in [1.165, 1.54) is 10.2 Å². The van der Waals surface area contributed by atoms with E-state index in [0.29, 0.717) is 40.2 Å². The van der Waals surface area contributed by atoms with Crippen LogP contribution in [0, 0.1) is 12.8 Å². The highest BCUT2D eigenvalue weighted by Gasteiger charge is 2.24. The lowest BCUT2D eigenvalue weighted by Gasteiger charge is -2.07. The Morgan fingerprint density at radius 1 is 1.13 bits per heavy atom. The molecular formula is C23H24N6O. The Kier molecular flexibility index (Phi) is 5.18. The van der Waals surface area contributed by atoms with Crippen molar-refractivity contribution in [3.05, 3.63) is 65.2 Å². The maximum atomic E-state index is 12.9. The van der Waals surface area contributed by atoms with Gasteiger partial charge >= 0.3 is 0 Å². The molecule has 0 atom stereocenters. The zero-order chi connectivity index (χ0) is 21.3. The van der Waals surface area contributed by atoms with Gasteiger partial charge in [0.05, 0.1) is 17.2 Å². The summed E-state index contributed by atoms with van der Waals surface area (Å²) < 4.78 is 1.49. The van der Waals surface area contributed by atoms with Gasteiger partial charge in [-0.1, -0.05) is 55.8 Å². The molecule has 4 rings (SSSR count). The van der Waals surface area contributed by atoms with Crippen LogP contribution in [0.4, 0.5) is 5.82 Å². The molecule has 0 aliphatic heterocycles. The maximum Gasteiger partial charge on any atom is 0.257 e. The fraction of sp³-hybridized carbons (Fsp3) is 0.217. The largest absolute Gasteiger partial charge is 0.383 e. The second-order valence-electron chi connectivity index (χ2n) is 7.72. The monoisotopic (exact) mass is 400 g/mol. The van der Waals surface area contributed by atoms with Crippen molar-refractivity contribution >= 4 is 40.1 Å². The molecule has 0 saturated heterocycles. The summed E-state index contributed by atoms with van der Waals surface area (Å²) in [7, 11) is 0. The van der Waals surface area contributed by atoms with Gasteiger partial charge in [-0.15, -0.1) is 0 Å². The second-order valence-corrected chi connectivity index (χ2v) is 7.72. The molecule has 4 aromatic rings. The number of carbonyl (C=O) groups is 1. The van der Waals surface area contributed by atoms with Crippen LogP contribution < -0.4 is 11.1 Å². The fourth-order valence-electron chi connectivity index (χ4n) is 3.15. The van der Waals surface area contributed by atoms with Gasteiger partial charge in [0, 0.05) is 6.54 Å². The average molecular weight is 400 g/mol. The Balaban J connectivity index is 1.87. The zero-order valence-electron chi connectivity index (χ0n) is 17.3. The molecule has 0 aliphatic rings. The zero-order valence-corrected chi connectivity index (χ0v) is 17.3. The molecule has 7 heteroatoms. The summed E-state index contributed by atoms with van der Waals surface area (Å²) in [6, 6.07) is 15.5. The number of carbonyl (C=O) groups excluding carboxylic acids is 1. The van der Waals surface area contributed by atoms with E-state index in [4.69, 9.17) is 5.73 Å². The van der Waals surface area contributed by atoms with Crippen LogP contribution in [0.5, 0.6) is 0 Å². The Bertz CT molecular complexity index is 1250. The van der Waals surface area contributed by atoms with Gasteiger partial charge < -0.3 is 11.1 Å². The number of amides is 1. The van der Waals surface area contributed by atoms with Gasteiger partial charge in [0.2, 0.25) is 0 Å². The van der Waals surface area contributed by atoms with Gasteiger partial charge in [-0.25, -0.2) is 9.97 Å². The molecule has 0 radical (unpaired) electrons. The highest BCUT2D eigenvalue weighted by molar-refractivity contribution is 6.10. The van der Waals surface area contributed by atoms with Crippen molar-refractivity contribution in [3.8, 4) is 0 Å². The molecule has 0 saturated carbocycles. The number of rotatable bonds is 5. The topological polar surface area (TPSA) is 98.2 Å². The number of nitrogens with zero attached hydrogens (tertiary/aromatic N) is 4. The highest BCUT2D eigenvalue weighted by Crippen LogP contribution is 2.27. The predicted molar refractivity (Wildman–Crippen MR) is 121 cm³/mol. The first-order chi connectivity index (χ1) is 14.4. The third-order valence-corrected chi connectivity index (χ3v) is 4.77. The van der Waals surface area contributed by atoms with Crippen molar-refractivity contribution in [1.29, 1.82) is 0 Å². The third kappa shape index (κ3) is 3.74. The number of nitrogen functional groups attached to an aromatic ring is 1. The molecular weight excluding hydrogens is 376 g/mol. The number of nitrogens with one attached hydrogen (secondary N) is 1. The van der Waals surface area contributed by atoms with Crippen LogP contribution in [0.3, 0.4) is 0 Å². The predicted octanol–water partition coefficient (Wildman–Crippen LogP) is 3.74. The summed E-state index contributed by atoms with van der Waals surface area (Å²) >= 11 is 0. The third-order valence-electron chi connectivity index (χ3n) is 4.77. The standard InChI is InChI=1S/C23H24N6O/c1-14(2)12-25-23(30)19-20-22(28-18-7-5-4-6-17(18)27-20)29(21(19)24)26-13-16-10-8-15(3)9-11-16/h4-11,13-14H,12,24H2,1-3H3,(H,25,30)/b26-13-. The summed E-state index contributed by atoms with van der Waals surface area (Å²) in [6.07, 6.45) is 1.70. The van der Waals surface area contributed by atoms with E-state index in [-0.39, 0.29) is 11.7 Å². The molecule has 30 heavy (non-hydrogen) atoms. The molecule has 0 aliphatic carbocycles. The SMILES string of the molecule is Cc1ccc(/C=N\n2c(N)c(C(=O)NCC(C)C)c3nc4ccccc4nc32)cc1. The molecule has 0 bridgehead atoms. The van der Waals surface area contributed by atoms with Crippen molar-refractivity contribution in [3.63, 3.8) is 0 Å². The number of hydrogen-bond acceptors (Lipinski definition) is 5. The smallest absolute Gasteiger partial charge is 0.257 e. The molecule has 2 heterocycles. The molecule has 0 unspecified atom stereocenters. The summed E-state index contributed by atoms with van der Waals surface area (Å²) in [4.78, 5) is 22.3. The van der Waals surface area contributed by atoms with Crippen molar-refractivity contribution < 1.29 is 4.79 Å². The first kappa shape index (κ1) is 19.6. The minimum absolute atomic E-state index is 0.213. The minimum Gasteiger partial charge on any atom is -0.383 e. The van der Waals surface area contributed by atoms with Gasteiger partial charge in [0.1, 0.15) is 16.9 Å². The van der Waals surface area contributed by atoms with Crippen LogP contribution in [0.15, 0.2) is 53.6 Å². The van der Waals surface area contributed by atoms with E-state index in [2.05, 4.69) is 20.4 Å². The van der Waals surface area contributed by atoms with Crippen LogP contribution in [-0.4, -0.2) is 33.3 Å². The summed E-state index contributed by atoms with van der Waals surface area (Å²) in [5, 5.41) is 7.44. The molecule has 3 N–H and O–H groups in total. The van der Waals surface area contributed by atoms with Crippen molar-refractivity contribution in [2.75, 3.05) is 12.3 Å². The van der Waals surface area contributed by atoms with Crippen molar-refractivity contribution in [2.45, 2.75) is 20.8 Å². The second kappa shape index (κ2) is 7.94. The fourth-order valence-corrected chi connectivity index (χ4v) is 3.15. The maximum absolute atomic E-state index is 12.9. The summed E-state index contributed by atoms with van der Waals surface area (Å²) in [6.45, 7) is 6.64. The van der Waals surface area contributed by atoms with Crippen LogP contribution in [-0.2, 0) is 0 Å². The van der Waals surface area contributed by atoms with E-state index in [1.807, 2.05) is 69.3 Å². The van der Waals surface area contributed by atoms with E-state index in [9.17, 15) is 4.79 Å². The van der Waals surface area contributed by atoms with Crippen LogP contribution >= 0.6 is 0 Å². The van der Waals surface area contributed by atoms with E-state index in [0.717, 1.165) is 5.56 Å². The number of benzene rings is 2. The number of fused-ring (bicyclic) bond motifs is 2. The molecule has 2 aromatic carbocycles. The molecule has 0 spiro atoms. The molecule has 152 valence electrons. The number of hydrogen-bond donors (Lipinski definition) is 2. The van der Waals surface area contributed by atoms with Crippen molar-refractivity contribution in [2.24, 2.45) is 11.0 Å². The minimum atomic E-state index is -0.278. The molecule has 2 aromatic heterocycles. The van der Waals surface area contributed by atoms with Gasteiger partial charge in [-0.3, -0.25) is 4.79 Å². The van der Waals surface area contributed by atoms with Gasteiger partial charge in [0.25, 0.3) is 5.91 Å². The first-order valence-corrected chi connectivity index (χ1v) is 9.90. The summed E-state index contributed by atoms with van der Waals surface area (Å²) in [5.41, 5.74) is 11.1. The molecule has 0 fully saturated rings. The lowest BCUT2D eigenvalue weighted by atomic mass is 10.2. The van der Waals surface area contributed by atoms with Gasteiger partial charge in [0.15, 0.2) is 5.65 Å². The number of para-hydroxylation sites is 2. The van der Waals surface area contributed by atoms with Crippen molar-refractivity contribution in [1.82, 2.24) is 20.0 Å². The highest BCUT2D eigenvalue weighted by atomic mass is 16.1. The normalized spacial score (nSPS) is 11.7. The van der Waals surface area contributed by atoms with Crippen LogP contribution in [0.2, 0.25) is 0 Å². The number of aromatic nitrogens is 3. The van der Waals surface area contributed by atoms with Crippen LogP contribution in [0.25, 0.3) is 22.2 Å². The van der Waals surface area contributed by atoms with E-state index >= 15 is 0 Å². The Hall–Kier alpha value is -3.74. The number of nitrogens with two attached hydrogens (primary N) is 1. The lowest BCUT2D eigenvalue weighted by molar-refractivity contribution is 0.0951. The average Bonchev–Trinajstić information content (AvgIpc) is 3.00. The van der Waals surface area contributed by atoms with Gasteiger partial charge in [-0.2, -0.15) is 9.78 Å². The van der Waals surface area contributed by atoms with E-state index < -0.39 is 0 Å². The molecule has 1 amide bonds. The van der Waals surface area contributed by atoms with Crippen LogP contribution in [0.1, 0.15) is 35.3 Å². The number of anilines is 1. The Morgan fingerprint density at radius 3 is 2.47 bits per heavy atom. The number of aryl methyl sites for hydroxylation is 1. The quantitative estimate of drug-likeness (QED) is 0.499. The summed E-state index contributed by atoms with van der Waals surface area (Å²) in [5.74, 6) is 0.250. The Labute approximate surface area is 174 Å². The Morgan fingerprint density at radius 2 is 1.80 bits per heavy atom. The van der Waals surface area contributed by atoms with E-state index in [1.54, 1.807) is 6.21 Å². The first-order valence-electron chi connectivity index (χ1n) is 9.90. The molecule has 7 nitrogen and oxygen atoms in total. The van der Waals surface area contributed by atoms with Gasteiger partial charge in [-0.05, 0) is 30.5 Å². The lowest BCUT2D eigenvalue weighted by Crippen LogP contribution is -2.28.